The summed E-state index contributed by atoms with van der Waals surface area (Å²) in [7, 11) is 0. The van der Waals surface area contributed by atoms with Gasteiger partial charge in [0.2, 0.25) is 0 Å². The first kappa shape index (κ1) is 14.3. The van der Waals surface area contributed by atoms with E-state index in [1.165, 1.54) is 6.92 Å². The van der Waals surface area contributed by atoms with Crippen molar-refractivity contribution in [3.8, 4) is 0 Å². The Morgan fingerprint density at radius 1 is 1.20 bits per heavy atom. The fourth-order valence-electron chi connectivity index (χ4n) is 1.81. The Morgan fingerprint density at radius 3 is 1.93 bits per heavy atom. The number of aliphatic hydroxyl groups is 1. The van der Waals surface area contributed by atoms with Crippen LogP contribution in [0.3, 0.4) is 0 Å². The Kier molecular flexibility index (Phi) is 4.65. The van der Waals surface area contributed by atoms with Crippen LogP contribution in [0.25, 0.3) is 0 Å². The first-order chi connectivity index (χ1) is 6.63. The number of hydrogen-bond acceptors (Lipinski definition) is 3. The molecule has 3 nitrogen and oxygen atoms in total. The highest BCUT2D eigenvalue weighted by Crippen LogP contribution is 2.29. The second-order valence-electron chi connectivity index (χ2n) is 5.24. The van der Waals surface area contributed by atoms with Crippen LogP contribution in [0.2, 0.25) is 0 Å². The van der Waals surface area contributed by atoms with E-state index in [0.29, 0.717) is 12.8 Å². The summed E-state index contributed by atoms with van der Waals surface area (Å²) in [6.07, 6.45) is 0.964. The van der Waals surface area contributed by atoms with Crippen LogP contribution in [-0.2, 0) is 9.59 Å². The molecule has 0 saturated heterocycles. The summed E-state index contributed by atoms with van der Waals surface area (Å²) < 4.78 is 0. The molecule has 0 aromatic carbocycles. The van der Waals surface area contributed by atoms with Gasteiger partial charge in [-0.15, -0.1) is 0 Å². The van der Waals surface area contributed by atoms with E-state index in [4.69, 9.17) is 0 Å². The fraction of sp³-hybridized carbons (Fsp3) is 0.833. The topological polar surface area (TPSA) is 54.4 Å². The Labute approximate surface area is 91.9 Å². The third-order valence-electron chi connectivity index (χ3n) is 2.31. The van der Waals surface area contributed by atoms with Crippen LogP contribution in [0.4, 0.5) is 0 Å². The van der Waals surface area contributed by atoms with E-state index >= 15 is 0 Å². The molecule has 15 heavy (non-hydrogen) atoms. The fourth-order valence-corrected chi connectivity index (χ4v) is 1.81. The lowest BCUT2D eigenvalue weighted by molar-refractivity contribution is -0.150. The molecule has 0 aliphatic heterocycles. The van der Waals surface area contributed by atoms with Crippen LogP contribution in [0.5, 0.6) is 0 Å². The normalized spacial score (nSPS) is 15.9. The molecule has 0 spiro atoms. The number of Topliss-reactive ketones (excluding diaryl/α,β-unsaturated/α-hetero) is 2. The van der Waals surface area contributed by atoms with E-state index in [1.807, 2.05) is 6.92 Å². The summed E-state index contributed by atoms with van der Waals surface area (Å²) in [5, 5.41) is 10.2. The SMILES string of the molecule is CCCC(O)(CC(C)=O)C(=O)C(C)(C)C. The van der Waals surface area contributed by atoms with Crippen LogP contribution in [0.15, 0.2) is 0 Å². The van der Waals surface area contributed by atoms with E-state index in [0.717, 1.165) is 0 Å². The van der Waals surface area contributed by atoms with Crippen molar-refractivity contribution in [1.82, 2.24) is 0 Å². The molecule has 0 heterocycles. The zero-order chi connectivity index (χ0) is 12.3. The number of carbonyl (C=O) groups excluding carboxylic acids is 2. The lowest BCUT2D eigenvalue weighted by atomic mass is 9.76. The van der Waals surface area contributed by atoms with Gasteiger partial charge < -0.3 is 5.11 Å². The lowest BCUT2D eigenvalue weighted by Gasteiger charge is -2.31. The molecule has 0 fully saturated rings. The summed E-state index contributed by atoms with van der Waals surface area (Å²) in [5.41, 5.74) is -2.09. The maximum atomic E-state index is 12.0. The average molecular weight is 214 g/mol. The van der Waals surface area contributed by atoms with Gasteiger partial charge in [0.05, 0.1) is 0 Å². The van der Waals surface area contributed by atoms with Gasteiger partial charge in [0.1, 0.15) is 11.4 Å². The molecule has 0 aliphatic carbocycles. The van der Waals surface area contributed by atoms with Gasteiger partial charge in [0.25, 0.3) is 0 Å². The van der Waals surface area contributed by atoms with E-state index in [9.17, 15) is 14.7 Å². The van der Waals surface area contributed by atoms with Crippen molar-refractivity contribution in [2.24, 2.45) is 5.41 Å². The molecule has 0 aromatic heterocycles. The molecule has 1 atom stereocenters. The van der Waals surface area contributed by atoms with Crippen LogP contribution >= 0.6 is 0 Å². The molecule has 1 N–H and O–H groups in total. The molecule has 0 bridgehead atoms. The van der Waals surface area contributed by atoms with E-state index in [2.05, 4.69) is 0 Å². The summed E-state index contributed by atoms with van der Waals surface area (Å²) >= 11 is 0. The minimum atomic E-state index is -1.47. The molecule has 0 radical (unpaired) electrons. The molecule has 0 aromatic rings. The molecule has 0 aliphatic rings. The third-order valence-corrected chi connectivity index (χ3v) is 2.31. The van der Waals surface area contributed by atoms with E-state index in [1.54, 1.807) is 20.8 Å². The monoisotopic (exact) mass is 214 g/mol. The standard InChI is InChI=1S/C12H22O3/c1-6-7-12(15,8-9(2)13)10(14)11(3,4)5/h15H,6-8H2,1-5H3. The van der Waals surface area contributed by atoms with Gasteiger partial charge in [0.15, 0.2) is 5.78 Å². The minimum Gasteiger partial charge on any atom is -0.382 e. The highest BCUT2D eigenvalue weighted by Gasteiger charge is 2.41. The van der Waals surface area contributed by atoms with Gasteiger partial charge in [-0.1, -0.05) is 34.1 Å². The molecule has 0 rings (SSSR count). The number of rotatable bonds is 5. The summed E-state index contributed by atoms with van der Waals surface area (Å²) in [6.45, 7) is 8.57. The highest BCUT2D eigenvalue weighted by molar-refractivity contribution is 5.95. The summed E-state index contributed by atoms with van der Waals surface area (Å²) in [6, 6.07) is 0. The Bertz CT molecular complexity index is 250. The van der Waals surface area contributed by atoms with E-state index < -0.39 is 11.0 Å². The van der Waals surface area contributed by atoms with Crippen molar-refractivity contribution >= 4 is 11.6 Å². The zero-order valence-electron chi connectivity index (χ0n) is 10.4. The van der Waals surface area contributed by atoms with Crippen molar-refractivity contribution in [2.75, 3.05) is 0 Å². The molecular weight excluding hydrogens is 192 g/mol. The Balaban J connectivity index is 4.93. The lowest BCUT2D eigenvalue weighted by Crippen LogP contribution is -2.46. The molecule has 88 valence electrons. The quantitative estimate of drug-likeness (QED) is 0.762. The summed E-state index contributed by atoms with van der Waals surface area (Å²) in [5.74, 6) is -0.393. The van der Waals surface area contributed by atoms with Gasteiger partial charge in [-0.2, -0.15) is 0 Å². The molecular formula is C12H22O3. The third kappa shape index (κ3) is 4.12. The van der Waals surface area contributed by atoms with E-state index in [-0.39, 0.29) is 18.0 Å². The maximum Gasteiger partial charge on any atom is 0.170 e. The van der Waals surface area contributed by atoms with Crippen molar-refractivity contribution in [1.29, 1.82) is 0 Å². The van der Waals surface area contributed by atoms with Crippen LogP contribution < -0.4 is 0 Å². The van der Waals surface area contributed by atoms with Crippen LogP contribution in [0.1, 0.15) is 53.9 Å². The van der Waals surface area contributed by atoms with Gasteiger partial charge in [-0.25, -0.2) is 0 Å². The van der Waals surface area contributed by atoms with Gasteiger partial charge in [-0.3, -0.25) is 9.59 Å². The first-order valence-corrected chi connectivity index (χ1v) is 5.40. The van der Waals surface area contributed by atoms with Crippen LogP contribution in [-0.4, -0.2) is 22.3 Å². The largest absolute Gasteiger partial charge is 0.382 e. The predicted octanol–water partition coefficient (Wildman–Crippen LogP) is 2.11. The smallest absolute Gasteiger partial charge is 0.170 e. The highest BCUT2D eigenvalue weighted by atomic mass is 16.3. The number of carbonyl (C=O) groups is 2. The van der Waals surface area contributed by atoms with Crippen molar-refractivity contribution in [3.05, 3.63) is 0 Å². The Morgan fingerprint density at radius 2 is 1.67 bits per heavy atom. The second-order valence-corrected chi connectivity index (χ2v) is 5.24. The van der Waals surface area contributed by atoms with Crippen molar-refractivity contribution in [3.63, 3.8) is 0 Å². The predicted molar refractivity (Wildman–Crippen MR) is 59.6 cm³/mol. The zero-order valence-corrected chi connectivity index (χ0v) is 10.4. The van der Waals surface area contributed by atoms with Crippen molar-refractivity contribution in [2.45, 2.75) is 59.5 Å². The molecule has 1 unspecified atom stereocenters. The second kappa shape index (κ2) is 4.88. The minimum absolute atomic E-state index is 0.0725. The summed E-state index contributed by atoms with van der Waals surface area (Å²) in [4.78, 5) is 23.1. The number of ketones is 2. The van der Waals surface area contributed by atoms with Gasteiger partial charge in [0, 0.05) is 11.8 Å². The molecule has 3 heteroatoms. The Hall–Kier alpha value is -0.700. The van der Waals surface area contributed by atoms with Gasteiger partial charge >= 0.3 is 0 Å². The van der Waals surface area contributed by atoms with Crippen molar-refractivity contribution < 1.29 is 14.7 Å². The van der Waals surface area contributed by atoms with Gasteiger partial charge in [-0.05, 0) is 13.3 Å². The molecule has 0 saturated carbocycles. The average Bonchev–Trinajstić information content (AvgIpc) is 2.00. The molecule has 0 amide bonds. The van der Waals surface area contributed by atoms with Crippen LogP contribution in [0, 0.1) is 5.41 Å². The first-order valence-electron chi connectivity index (χ1n) is 5.40. The number of hydrogen-bond donors (Lipinski definition) is 1. The maximum absolute atomic E-state index is 12.0.